The van der Waals surface area contributed by atoms with Crippen LogP contribution in [0.25, 0.3) is 0 Å². The number of nitrogens with zero attached hydrogens (tertiary/aromatic N) is 1. The Kier molecular flexibility index (Phi) is 4.43. The highest BCUT2D eigenvalue weighted by atomic mass is 32.2. The number of carbonyl (C=O) groups is 1. The molecule has 112 valence electrons. The number of hydrogen-bond acceptors (Lipinski definition) is 6. The fourth-order valence-corrected chi connectivity index (χ4v) is 2.77. The van der Waals surface area contributed by atoms with Crippen LogP contribution in [0.1, 0.15) is 5.69 Å². The van der Waals surface area contributed by atoms with Gasteiger partial charge in [-0.05, 0) is 18.2 Å². The molecule has 0 saturated carbocycles. The number of hydrogen-bond donors (Lipinski definition) is 3. The van der Waals surface area contributed by atoms with Gasteiger partial charge in [-0.15, -0.1) is 11.3 Å². The minimum absolute atomic E-state index is 0.109. The maximum absolute atomic E-state index is 11.9. The summed E-state index contributed by atoms with van der Waals surface area (Å²) in [6.45, 7) is 0. The van der Waals surface area contributed by atoms with Crippen LogP contribution in [0.15, 0.2) is 29.6 Å². The van der Waals surface area contributed by atoms with Crippen LogP contribution in [0.2, 0.25) is 0 Å². The second-order valence-corrected chi connectivity index (χ2v) is 7.00. The largest absolute Gasteiger partial charge is 0.375 e. The SMILES string of the molecule is CS(=O)(=O)Nc1cccc(NC(=O)Cc2csc(N)n2)c1. The number of benzene rings is 1. The zero-order valence-electron chi connectivity index (χ0n) is 11.2. The summed E-state index contributed by atoms with van der Waals surface area (Å²) in [5, 5.41) is 4.81. The molecule has 9 heteroatoms. The lowest BCUT2D eigenvalue weighted by Gasteiger charge is -2.07. The number of carbonyl (C=O) groups excluding carboxylic acids is 1. The van der Waals surface area contributed by atoms with Gasteiger partial charge in [-0.2, -0.15) is 0 Å². The summed E-state index contributed by atoms with van der Waals surface area (Å²) in [6, 6.07) is 6.44. The van der Waals surface area contributed by atoms with Gasteiger partial charge in [0.25, 0.3) is 0 Å². The van der Waals surface area contributed by atoms with E-state index in [1.807, 2.05) is 0 Å². The van der Waals surface area contributed by atoms with Crippen molar-refractivity contribution >= 4 is 43.8 Å². The number of nitrogens with one attached hydrogen (secondary N) is 2. The summed E-state index contributed by atoms with van der Waals surface area (Å²) in [7, 11) is -3.35. The Balaban J connectivity index is 2.02. The first-order valence-corrected chi connectivity index (χ1v) is 8.66. The van der Waals surface area contributed by atoms with Crippen LogP contribution in [0.3, 0.4) is 0 Å². The minimum Gasteiger partial charge on any atom is -0.375 e. The molecule has 1 amide bonds. The standard InChI is InChI=1S/C12H14N4O3S2/c1-21(18,19)16-9-4-2-3-8(5-9)14-11(17)6-10-7-20-12(13)15-10/h2-5,7,16H,6H2,1H3,(H2,13,15)(H,14,17). The molecule has 0 spiro atoms. The lowest BCUT2D eigenvalue weighted by atomic mass is 10.2. The molecule has 0 unspecified atom stereocenters. The van der Waals surface area contributed by atoms with Crippen LogP contribution < -0.4 is 15.8 Å². The molecule has 1 aromatic carbocycles. The lowest BCUT2D eigenvalue weighted by Crippen LogP contribution is -2.15. The van der Waals surface area contributed by atoms with E-state index in [0.29, 0.717) is 22.2 Å². The predicted octanol–water partition coefficient (Wildman–Crippen LogP) is 1.28. The first-order chi connectivity index (χ1) is 9.82. The predicted molar refractivity (Wildman–Crippen MR) is 83.8 cm³/mol. The molecule has 21 heavy (non-hydrogen) atoms. The van der Waals surface area contributed by atoms with Crippen molar-refractivity contribution in [3.63, 3.8) is 0 Å². The molecule has 2 rings (SSSR count). The monoisotopic (exact) mass is 326 g/mol. The van der Waals surface area contributed by atoms with Crippen molar-refractivity contribution in [2.45, 2.75) is 6.42 Å². The summed E-state index contributed by atoms with van der Waals surface area (Å²) < 4.78 is 24.7. The van der Waals surface area contributed by atoms with Gasteiger partial charge in [0.1, 0.15) is 0 Å². The number of nitrogens with two attached hydrogens (primary N) is 1. The fourth-order valence-electron chi connectivity index (χ4n) is 1.65. The highest BCUT2D eigenvalue weighted by Crippen LogP contribution is 2.17. The maximum atomic E-state index is 11.9. The van der Waals surface area contributed by atoms with Crippen molar-refractivity contribution in [2.75, 3.05) is 22.0 Å². The summed E-state index contributed by atoms with van der Waals surface area (Å²) in [5.41, 5.74) is 6.97. The molecule has 1 heterocycles. The zero-order valence-corrected chi connectivity index (χ0v) is 12.8. The first kappa shape index (κ1) is 15.3. The molecule has 0 atom stereocenters. The van der Waals surface area contributed by atoms with Gasteiger partial charge in [0.15, 0.2) is 5.13 Å². The van der Waals surface area contributed by atoms with E-state index in [4.69, 9.17) is 5.73 Å². The number of anilines is 3. The van der Waals surface area contributed by atoms with Crippen LogP contribution in [0, 0.1) is 0 Å². The Morgan fingerprint density at radius 3 is 2.71 bits per heavy atom. The van der Waals surface area contributed by atoms with E-state index in [1.165, 1.54) is 17.4 Å². The Bertz CT molecular complexity index is 755. The molecule has 1 aromatic heterocycles. The van der Waals surface area contributed by atoms with Crippen LogP contribution in [0.4, 0.5) is 16.5 Å². The minimum atomic E-state index is -3.35. The molecular weight excluding hydrogens is 312 g/mol. The first-order valence-electron chi connectivity index (χ1n) is 5.89. The Hall–Kier alpha value is -2.13. The average Bonchev–Trinajstić information content (AvgIpc) is 2.72. The Morgan fingerprint density at radius 1 is 1.38 bits per heavy atom. The second kappa shape index (κ2) is 6.10. The molecule has 7 nitrogen and oxygen atoms in total. The van der Waals surface area contributed by atoms with Crippen LogP contribution in [-0.4, -0.2) is 25.6 Å². The molecule has 0 radical (unpaired) electrons. The number of sulfonamides is 1. The van der Waals surface area contributed by atoms with E-state index in [2.05, 4.69) is 15.0 Å². The number of thiazole rings is 1. The van der Waals surface area contributed by atoms with Gasteiger partial charge >= 0.3 is 0 Å². The normalized spacial score (nSPS) is 11.1. The Labute approximate surface area is 126 Å². The third kappa shape index (κ3) is 5.04. The highest BCUT2D eigenvalue weighted by Gasteiger charge is 2.08. The van der Waals surface area contributed by atoms with Gasteiger partial charge in [0, 0.05) is 11.1 Å². The van der Waals surface area contributed by atoms with Gasteiger partial charge < -0.3 is 11.1 Å². The van der Waals surface area contributed by atoms with Crippen LogP contribution in [-0.2, 0) is 21.2 Å². The molecule has 4 N–H and O–H groups in total. The molecule has 0 aliphatic heterocycles. The van der Waals surface area contributed by atoms with Gasteiger partial charge in [0.05, 0.1) is 24.1 Å². The maximum Gasteiger partial charge on any atom is 0.230 e. The van der Waals surface area contributed by atoms with Crippen LogP contribution >= 0.6 is 11.3 Å². The molecule has 0 aliphatic rings. The number of rotatable bonds is 5. The van der Waals surface area contributed by atoms with Gasteiger partial charge in [-0.25, -0.2) is 13.4 Å². The van der Waals surface area contributed by atoms with E-state index in [9.17, 15) is 13.2 Å². The highest BCUT2D eigenvalue weighted by molar-refractivity contribution is 7.92. The van der Waals surface area contributed by atoms with Crippen molar-refractivity contribution < 1.29 is 13.2 Å². The lowest BCUT2D eigenvalue weighted by molar-refractivity contribution is -0.115. The Morgan fingerprint density at radius 2 is 2.10 bits per heavy atom. The second-order valence-electron chi connectivity index (χ2n) is 4.36. The molecule has 0 fully saturated rings. The van der Waals surface area contributed by atoms with E-state index in [1.54, 1.807) is 23.6 Å². The molecule has 2 aromatic rings. The third-order valence-electron chi connectivity index (χ3n) is 2.36. The summed E-state index contributed by atoms with van der Waals surface area (Å²) >= 11 is 1.27. The molecule has 0 saturated heterocycles. The summed E-state index contributed by atoms with van der Waals surface area (Å²) in [6.07, 6.45) is 1.17. The fraction of sp³-hybridized carbons (Fsp3) is 0.167. The van der Waals surface area contributed by atoms with Crippen molar-refractivity contribution in [3.05, 3.63) is 35.3 Å². The molecule has 0 aliphatic carbocycles. The van der Waals surface area contributed by atoms with Gasteiger partial charge in [-0.1, -0.05) is 6.07 Å². The number of nitrogen functional groups attached to an aromatic ring is 1. The third-order valence-corrected chi connectivity index (χ3v) is 3.69. The van der Waals surface area contributed by atoms with E-state index < -0.39 is 10.0 Å². The van der Waals surface area contributed by atoms with E-state index in [-0.39, 0.29) is 12.3 Å². The number of aromatic nitrogens is 1. The smallest absolute Gasteiger partial charge is 0.230 e. The van der Waals surface area contributed by atoms with E-state index >= 15 is 0 Å². The van der Waals surface area contributed by atoms with E-state index in [0.717, 1.165) is 6.26 Å². The topological polar surface area (TPSA) is 114 Å². The molecular formula is C12H14N4O3S2. The van der Waals surface area contributed by atoms with Crippen molar-refractivity contribution in [3.8, 4) is 0 Å². The zero-order chi connectivity index (χ0) is 15.5. The quantitative estimate of drug-likeness (QED) is 0.766. The molecule has 0 bridgehead atoms. The van der Waals surface area contributed by atoms with Gasteiger partial charge in [0.2, 0.25) is 15.9 Å². The number of amides is 1. The van der Waals surface area contributed by atoms with Gasteiger partial charge in [-0.3, -0.25) is 9.52 Å². The van der Waals surface area contributed by atoms with Crippen molar-refractivity contribution in [1.29, 1.82) is 0 Å². The van der Waals surface area contributed by atoms with Crippen molar-refractivity contribution in [2.24, 2.45) is 0 Å². The van der Waals surface area contributed by atoms with Crippen molar-refractivity contribution in [1.82, 2.24) is 4.98 Å². The summed E-state index contributed by atoms with van der Waals surface area (Å²) in [4.78, 5) is 15.9. The van der Waals surface area contributed by atoms with Crippen LogP contribution in [0.5, 0.6) is 0 Å². The summed E-state index contributed by atoms with van der Waals surface area (Å²) in [5.74, 6) is -0.253. The average molecular weight is 326 g/mol.